The average molecular weight is 392 g/mol. The van der Waals surface area contributed by atoms with Crippen LogP contribution in [-0.2, 0) is 9.53 Å². The first kappa shape index (κ1) is 21.6. The van der Waals surface area contributed by atoms with Crippen LogP contribution in [0, 0.1) is 0 Å². The second kappa shape index (κ2) is 9.45. The summed E-state index contributed by atoms with van der Waals surface area (Å²) in [6.45, 7) is 11.6. The molecule has 1 aromatic carbocycles. The van der Waals surface area contributed by atoms with Crippen molar-refractivity contribution in [3.8, 4) is 0 Å². The van der Waals surface area contributed by atoms with Crippen LogP contribution in [0.15, 0.2) is 83.2 Å². The van der Waals surface area contributed by atoms with E-state index in [1.807, 2.05) is 0 Å². The zero-order chi connectivity index (χ0) is 21.6. The number of methoxy groups -OCH3 is 1. The zero-order valence-corrected chi connectivity index (χ0v) is 16.6. The number of likely N-dealkylation sites (N-methyl/N-ethyl adjacent to an activating group) is 1. The second-order valence-corrected chi connectivity index (χ2v) is 6.39. The summed E-state index contributed by atoms with van der Waals surface area (Å²) in [6, 6.07) is 6.92. The van der Waals surface area contributed by atoms with Crippen molar-refractivity contribution >= 4 is 23.9 Å². The molecule has 29 heavy (non-hydrogen) atoms. The SMILES string of the molecule is C=C/C=C1/N=C(C(=C)C[C@@H](C(=C)N)c2ccc(C(=O)OC)cc2)N=C(C=O)N1C. The number of benzene rings is 1. The Morgan fingerprint density at radius 3 is 2.45 bits per heavy atom. The molecule has 0 fully saturated rings. The van der Waals surface area contributed by atoms with Gasteiger partial charge in [-0.05, 0) is 35.8 Å². The van der Waals surface area contributed by atoms with Crippen molar-refractivity contribution in [2.24, 2.45) is 15.7 Å². The molecule has 0 spiro atoms. The maximum absolute atomic E-state index is 11.6. The van der Waals surface area contributed by atoms with Crippen LogP contribution in [0.1, 0.15) is 28.3 Å². The first-order chi connectivity index (χ1) is 13.8. The number of ether oxygens (including phenoxy) is 1. The molecule has 2 rings (SSSR count). The molecule has 1 aliphatic rings. The minimum atomic E-state index is -0.415. The van der Waals surface area contributed by atoms with E-state index in [1.54, 1.807) is 48.4 Å². The summed E-state index contributed by atoms with van der Waals surface area (Å²) >= 11 is 0. The van der Waals surface area contributed by atoms with Crippen LogP contribution in [0.3, 0.4) is 0 Å². The quantitative estimate of drug-likeness (QED) is 0.542. The van der Waals surface area contributed by atoms with Crippen molar-refractivity contribution in [1.29, 1.82) is 0 Å². The Labute approximate surface area is 170 Å². The molecule has 0 aliphatic carbocycles. The van der Waals surface area contributed by atoms with Crippen molar-refractivity contribution < 1.29 is 14.3 Å². The Morgan fingerprint density at radius 1 is 1.28 bits per heavy atom. The molecule has 7 heteroatoms. The second-order valence-electron chi connectivity index (χ2n) is 6.39. The van der Waals surface area contributed by atoms with Gasteiger partial charge in [0.25, 0.3) is 0 Å². The molecule has 1 aliphatic heterocycles. The summed E-state index contributed by atoms with van der Waals surface area (Å²) in [4.78, 5) is 33.3. The van der Waals surface area contributed by atoms with Gasteiger partial charge in [0.2, 0.25) is 0 Å². The topological polar surface area (TPSA) is 97.3 Å². The van der Waals surface area contributed by atoms with Gasteiger partial charge in [-0.25, -0.2) is 14.8 Å². The van der Waals surface area contributed by atoms with Gasteiger partial charge in [-0.2, -0.15) is 0 Å². The third-order valence-corrected chi connectivity index (χ3v) is 4.45. The van der Waals surface area contributed by atoms with Gasteiger partial charge in [-0.1, -0.05) is 37.9 Å². The predicted octanol–water partition coefficient (Wildman–Crippen LogP) is 2.94. The average Bonchev–Trinajstić information content (AvgIpc) is 2.72. The lowest BCUT2D eigenvalue weighted by Gasteiger charge is -2.24. The molecule has 7 nitrogen and oxygen atoms in total. The first-order valence-electron chi connectivity index (χ1n) is 8.82. The predicted molar refractivity (Wildman–Crippen MR) is 115 cm³/mol. The van der Waals surface area contributed by atoms with Crippen LogP contribution in [0.4, 0.5) is 0 Å². The minimum Gasteiger partial charge on any atom is -0.465 e. The Bertz CT molecular complexity index is 939. The normalized spacial score (nSPS) is 15.8. The number of carbonyl (C=O) groups excluding carboxylic acids is 2. The molecular weight excluding hydrogens is 368 g/mol. The van der Waals surface area contributed by atoms with Crippen LogP contribution >= 0.6 is 0 Å². The van der Waals surface area contributed by atoms with E-state index in [4.69, 9.17) is 10.5 Å². The van der Waals surface area contributed by atoms with Crippen LogP contribution in [-0.4, -0.2) is 43.0 Å². The highest BCUT2D eigenvalue weighted by atomic mass is 16.5. The molecule has 0 saturated carbocycles. The van der Waals surface area contributed by atoms with Crippen molar-refractivity contribution in [3.63, 3.8) is 0 Å². The monoisotopic (exact) mass is 392 g/mol. The lowest BCUT2D eigenvalue weighted by molar-refractivity contribution is -0.103. The molecular formula is C22H24N4O3. The van der Waals surface area contributed by atoms with Crippen molar-refractivity contribution in [1.82, 2.24) is 4.90 Å². The highest BCUT2D eigenvalue weighted by Crippen LogP contribution is 2.29. The smallest absolute Gasteiger partial charge is 0.337 e. The van der Waals surface area contributed by atoms with E-state index in [9.17, 15) is 9.59 Å². The fraction of sp³-hybridized carbons (Fsp3) is 0.182. The molecule has 1 atom stereocenters. The van der Waals surface area contributed by atoms with Gasteiger partial charge in [-0.3, -0.25) is 4.79 Å². The van der Waals surface area contributed by atoms with Crippen molar-refractivity contribution in [2.45, 2.75) is 12.3 Å². The number of allylic oxidation sites excluding steroid dienone is 3. The highest BCUT2D eigenvalue weighted by molar-refractivity contribution is 6.31. The molecule has 0 unspecified atom stereocenters. The summed E-state index contributed by atoms with van der Waals surface area (Å²) in [5.41, 5.74) is 8.37. The summed E-state index contributed by atoms with van der Waals surface area (Å²) in [5, 5.41) is 0. The van der Waals surface area contributed by atoms with Crippen molar-refractivity contribution in [2.75, 3.05) is 14.2 Å². The molecule has 2 N–H and O–H groups in total. The number of hydrogen-bond donors (Lipinski definition) is 1. The number of aliphatic imine (C=N–C) groups is 2. The van der Waals surface area contributed by atoms with Crippen molar-refractivity contribution in [3.05, 3.63) is 84.4 Å². The van der Waals surface area contributed by atoms with E-state index in [2.05, 4.69) is 29.7 Å². The lowest BCUT2D eigenvalue weighted by Crippen LogP contribution is -2.31. The molecule has 0 radical (unpaired) electrons. The Hall–Kier alpha value is -3.74. The van der Waals surface area contributed by atoms with Gasteiger partial charge < -0.3 is 15.4 Å². The minimum absolute atomic E-state index is 0.217. The number of hydrogen-bond acceptors (Lipinski definition) is 7. The summed E-state index contributed by atoms with van der Waals surface area (Å²) in [5.74, 6) is 0.407. The van der Waals surface area contributed by atoms with E-state index in [0.717, 1.165) is 5.56 Å². The first-order valence-corrected chi connectivity index (χ1v) is 8.82. The van der Waals surface area contributed by atoms with E-state index in [-0.39, 0.29) is 11.8 Å². The van der Waals surface area contributed by atoms with E-state index >= 15 is 0 Å². The number of nitrogens with zero attached hydrogens (tertiary/aromatic N) is 3. The number of esters is 1. The zero-order valence-electron chi connectivity index (χ0n) is 16.6. The number of rotatable bonds is 8. The van der Waals surface area contributed by atoms with Crippen LogP contribution in [0.25, 0.3) is 0 Å². The maximum Gasteiger partial charge on any atom is 0.337 e. The van der Waals surface area contributed by atoms with Crippen LogP contribution < -0.4 is 5.73 Å². The molecule has 1 heterocycles. The standard InChI is InChI=1S/C22H24N4O3/c1-6-7-19-24-21(25-20(13-27)26(19)4)14(2)12-18(15(3)23)16-8-10-17(11-9-16)22(28)29-5/h6-11,13,18H,1-3,12,23H2,4-5H3/b19-7-/t18-/m0/s1. The maximum atomic E-state index is 11.6. The molecule has 0 amide bonds. The Morgan fingerprint density at radius 2 is 1.93 bits per heavy atom. The molecule has 1 aromatic rings. The largest absolute Gasteiger partial charge is 0.465 e. The summed E-state index contributed by atoms with van der Waals surface area (Å²) in [6.07, 6.45) is 4.31. The molecule has 150 valence electrons. The van der Waals surface area contributed by atoms with Crippen LogP contribution in [0.5, 0.6) is 0 Å². The number of amidine groups is 2. The van der Waals surface area contributed by atoms with E-state index in [1.165, 1.54) is 7.11 Å². The number of carbonyl (C=O) groups is 2. The fourth-order valence-corrected chi connectivity index (χ4v) is 2.80. The van der Waals surface area contributed by atoms with Crippen LogP contribution in [0.2, 0.25) is 0 Å². The molecule has 0 aromatic heterocycles. The van der Waals surface area contributed by atoms with Gasteiger partial charge in [0, 0.05) is 18.7 Å². The number of aldehydes is 1. The van der Waals surface area contributed by atoms with E-state index in [0.29, 0.717) is 41.2 Å². The number of nitrogens with two attached hydrogens (primary N) is 1. The Balaban J connectivity index is 2.31. The summed E-state index contributed by atoms with van der Waals surface area (Å²) in [7, 11) is 3.02. The molecule has 0 saturated heterocycles. The summed E-state index contributed by atoms with van der Waals surface area (Å²) < 4.78 is 4.72. The van der Waals surface area contributed by atoms with Gasteiger partial charge in [0.15, 0.2) is 18.0 Å². The fourth-order valence-electron chi connectivity index (χ4n) is 2.80. The molecule has 0 bridgehead atoms. The van der Waals surface area contributed by atoms with Gasteiger partial charge in [0.1, 0.15) is 5.82 Å². The highest BCUT2D eigenvalue weighted by Gasteiger charge is 2.22. The Kier molecular flexibility index (Phi) is 7.03. The van der Waals surface area contributed by atoms with Gasteiger partial charge in [-0.15, -0.1) is 0 Å². The lowest BCUT2D eigenvalue weighted by atomic mass is 9.89. The van der Waals surface area contributed by atoms with Gasteiger partial charge in [0.05, 0.1) is 12.7 Å². The van der Waals surface area contributed by atoms with Gasteiger partial charge >= 0.3 is 5.97 Å². The van der Waals surface area contributed by atoms with E-state index < -0.39 is 5.97 Å². The third-order valence-electron chi connectivity index (χ3n) is 4.45. The third kappa shape index (κ3) is 4.95.